The van der Waals surface area contributed by atoms with Crippen LogP contribution >= 0.6 is 0 Å². The van der Waals surface area contributed by atoms with E-state index in [9.17, 15) is 9.59 Å². The largest absolute Gasteiger partial charge is 0.482 e. The fourth-order valence-corrected chi connectivity index (χ4v) is 3.63. The van der Waals surface area contributed by atoms with Gasteiger partial charge in [-0.1, -0.05) is 54.6 Å². The molecule has 1 aliphatic rings. The molecule has 1 aliphatic heterocycles. The highest BCUT2D eigenvalue weighted by atomic mass is 16.5. The number of rotatable bonds is 5. The Morgan fingerprint density at radius 1 is 1.07 bits per heavy atom. The molecular formula is C23H22N2O3. The fourth-order valence-electron chi connectivity index (χ4n) is 3.63. The van der Waals surface area contributed by atoms with Gasteiger partial charge in [0, 0.05) is 13.0 Å². The van der Waals surface area contributed by atoms with Gasteiger partial charge in [0.15, 0.2) is 6.61 Å². The SMILES string of the molecule is C[C@H](NC(=O)CCN1C(=O)COc2ccccc21)c1cccc2ccccc12. The zero-order valence-corrected chi connectivity index (χ0v) is 15.7. The number of benzene rings is 3. The lowest BCUT2D eigenvalue weighted by molar-refractivity contribution is -0.122. The minimum atomic E-state index is -0.131. The molecule has 5 nitrogen and oxygen atoms in total. The lowest BCUT2D eigenvalue weighted by Crippen LogP contribution is -2.41. The van der Waals surface area contributed by atoms with E-state index in [-0.39, 0.29) is 30.9 Å². The molecule has 3 aromatic rings. The van der Waals surface area contributed by atoms with E-state index in [2.05, 4.69) is 23.5 Å². The molecule has 2 amide bonds. The number of amides is 2. The van der Waals surface area contributed by atoms with Gasteiger partial charge in [-0.15, -0.1) is 0 Å². The Bertz CT molecular complexity index is 1030. The maximum Gasteiger partial charge on any atom is 0.265 e. The molecule has 1 heterocycles. The van der Waals surface area contributed by atoms with E-state index < -0.39 is 0 Å². The van der Waals surface area contributed by atoms with E-state index in [4.69, 9.17) is 4.74 Å². The van der Waals surface area contributed by atoms with Gasteiger partial charge in [-0.2, -0.15) is 0 Å². The highest BCUT2D eigenvalue weighted by Crippen LogP contribution is 2.31. The third-order valence-corrected chi connectivity index (χ3v) is 5.04. The molecule has 0 saturated heterocycles. The number of fused-ring (bicyclic) bond motifs is 2. The average Bonchev–Trinajstić information content (AvgIpc) is 2.72. The number of nitrogens with one attached hydrogen (secondary N) is 1. The van der Waals surface area contributed by atoms with Gasteiger partial charge in [0.2, 0.25) is 5.91 Å². The van der Waals surface area contributed by atoms with Crippen LogP contribution in [0.25, 0.3) is 10.8 Å². The van der Waals surface area contributed by atoms with Crippen LogP contribution in [-0.2, 0) is 9.59 Å². The Morgan fingerprint density at radius 3 is 2.71 bits per heavy atom. The topological polar surface area (TPSA) is 58.6 Å². The monoisotopic (exact) mass is 374 g/mol. The highest BCUT2D eigenvalue weighted by molar-refractivity contribution is 5.98. The summed E-state index contributed by atoms with van der Waals surface area (Å²) in [5, 5.41) is 5.34. The van der Waals surface area contributed by atoms with Crippen molar-refractivity contribution in [3.8, 4) is 5.75 Å². The van der Waals surface area contributed by atoms with Crippen LogP contribution < -0.4 is 15.0 Å². The molecule has 0 fully saturated rings. The van der Waals surface area contributed by atoms with Crippen molar-refractivity contribution in [2.24, 2.45) is 0 Å². The maximum atomic E-state index is 12.5. The summed E-state index contributed by atoms with van der Waals surface area (Å²) in [6, 6.07) is 21.5. The summed E-state index contributed by atoms with van der Waals surface area (Å²) in [5.74, 6) is 0.456. The van der Waals surface area contributed by atoms with Crippen molar-refractivity contribution in [2.75, 3.05) is 18.1 Å². The second-order valence-electron chi connectivity index (χ2n) is 6.91. The number of carbonyl (C=O) groups excluding carboxylic acids is 2. The van der Waals surface area contributed by atoms with Gasteiger partial charge in [0.05, 0.1) is 11.7 Å². The number of carbonyl (C=O) groups is 2. The minimum Gasteiger partial charge on any atom is -0.482 e. The molecule has 142 valence electrons. The van der Waals surface area contributed by atoms with Crippen LogP contribution in [0.4, 0.5) is 5.69 Å². The third-order valence-electron chi connectivity index (χ3n) is 5.04. The number of hydrogen-bond donors (Lipinski definition) is 1. The first-order valence-electron chi connectivity index (χ1n) is 9.43. The lowest BCUT2D eigenvalue weighted by atomic mass is 9.99. The molecule has 3 aromatic carbocycles. The van der Waals surface area contributed by atoms with Crippen molar-refractivity contribution in [1.29, 1.82) is 0 Å². The Kier molecular flexibility index (Phi) is 4.98. The standard InChI is InChI=1S/C23H22N2O3/c1-16(18-10-6-8-17-7-2-3-9-19(17)18)24-22(26)13-14-25-20-11-4-5-12-21(20)28-15-23(25)27/h2-12,16H,13-15H2,1H3,(H,24,26)/t16-/m0/s1. The van der Waals surface area contributed by atoms with Gasteiger partial charge < -0.3 is 15.0 Å². The molecule has 0 bridgehead atoms. The second kappa shape index (κ2) is 7.72. The quantitative estimate of drug-likeness (QED) is 0.738. The normalized spacial score (nSPS) is 14.3. The van der Waals surface area contributed by atoms with Crippen LogP contribution in [0.3, 0.4) is 0 Å². The maximum absolute atomic E-state index is 12.5. The smallest absolute Gasteiger partial charge is 0.265 e. The third kappa shape index (κ3) is 3.56. The van der Waals surface area contributed by atoms with E-state index in [0.29, 0.717) is 18.0 Å². The number of nitrogens with zero attached hydrogens (tertiary/aromatic N) is 1. The van der Waals surface area contributed by atoms with Crippen LogP contribution in [-0.4, -0.2) is 25.0 Å². The average molecular weight is 374 g/mol. The Labute approximate surface area is 163 Å². The molecule has 0 spiro atoms. The summed E-state index contributed by atoms with van der Waals surface area (Å²) in [5.41, 5.74) is 1.80. The summed E-state index contributed by atoms with van der Waals surface area (Å²) in [6.45, 7) is 2.31. The van der Waals surface area contributed by atoms with E-state index >= 15 is 0 Å². The van der Waals surface area contributed by atoms with E-state index in [1.165, 1.54) is 0 Å². The Balaban J connectivity index is 1.43. The van der Waals surface area contributed by atoms with Crippen LogP contribution in [0.15, 0.2) is 66.7 Å². The molecule has 0 aromatic heterocycles. The van der Waals surface area contributed by atoms with Crippen LogP contribution in [0.1, 0.15) is 24.9 Å². The number of hydrogen-bond acceptors (Lipinski definition) is 3. The van der Waals surface area contributed by atoms with Gasteiger partial charge in [-0.05, 0) is 35.4 Å². The van der Waals surface area contributed by atoms with Crippen molar-refractivity contribution in [3.05, 3.63) is 72.3 Å². The van der Waals surface area contributed by atoms with Gasteiger partial charge in [0.1, 0.15) is 5.75 Å². The molecule has 1 atom stereocenters. The molecule has 28 heavy (non-hydrogen) atoms. The first kappa shape index (κ1) is 18.0. The number of anilines is 1. The van der Waals surface area contributed by atoms with Gasteiger partial charge in [0.25, 0.3) is 5.91 Å². The van der Waals surface area contributed by atoms with Crippen molar-refractivity contribution in [1.82, 2.24) is 5.32 Å². The summed E-state index contributed by atoms with van der Waals surface area (Å²) in [6.07, 6.45) is 0.231. The molecule has 0 unspecified atom stereocenters. The van der Waals surface area contributed by atoms with Crippen molar-refractivity contribution < 1.29 is 14.3 Å². The highest BCUT2D eigenvalue weighted by Gasteiger charge is 2.25. The van der Waals surface area contributed by atoms with Crippen LogP contribution in [0.2, 0.25) is 0 Å². The first-order chi connectivity index (χ1) is 13.6. The van der Waals surface area contributed by atoms with E-state index in [1.54, 1.807) is 4.90 Å². The molecule has 1 N–H and O–H groups in total. The summed E-state index contributed by atoms with van der Waals surface area (Å²) in [4.78, 5) is 26.4. The van der Waals surface area contributed by atoms with Crippen molar-refractivity contribution in [2.45, 2.75) is 19.4 Å². The van der Waals surface area contributed by atoms with Gasteiger partial charge in [-0.25, -0.2) is 0 Å². The predicted molar refractivity (Wildman–Crippen MR) is 109 cm³/mol. The predicted octanol–water partition coefficient (Wildman–Crippen LogP) is 3.83. The molecule has 0 saturated carbocycles. The zero-order chi connectivity index (χ0) is 19.5. The number of ether oxygens (including phenoxy) is 1. The first-order valence-corrected chi connectivity index (χ1v) is 9.43. The molecule has 0 aliphatic carbocycles. The molecule has 0 radical (unpaired) electrons. The summed E-state index contributed by atoms with van der Waals surface area (Å²) in [7, 11) is 0. The summed E-state index contributed by atoms with van der Waals surface area (Å²) < 4.78 is 5.44. The fraction of sp³-hybridized carbons (Fsp3) is 0.217. The molecular weight excluding hydrogens is 352 g/mol. The Morgan fingerprint density at radius 2 is 1.82 bits per heavy atom. The van der Waals surface area contributed by atoms with Crippen molar-refractivity contribution >= 4 is 28.3 Å². The summed E-state index contributed by atoms with van der Waals surface area (Å²) >= 11 is 0. The van der Waals surface area contributed by atoms with Crippen molar-refractivity contribution in [3.63, 3.8) is 0 Å². The van der Waals surface area contributed by atoms with Gasteiger partial charge in [-0.3, -0.25) is 9.59 Å². The van der Waals surface area contributed by atoms with E-state index in [0.717, 1.165) is 16.3 Å². The van der Waals surface area contributed by atoms with Crippen LogP contribution in [0.5, 0.6) is 5.75 Å². The lowest BCUT2D eigenvalue weighted by Gasteiger charge is -2.29. The second-order valence-corrected chi connectivity index (χ2v) is 6.91. The number of para-hydroxylation sites is 2. The Hall–Kier alpha value is -3.34. The molecule has 4 rings (SSSR count). The minimum absolute atomic E-state index is 0.00500. The van der Waals surface area contributed by atoms with Gasteiger partial charge >= 0.3 is 0 Å². The van der Waals surface area contributed by atoms with Crippen LogP contribution in [0, 0.1) is 0 Å². The van der Waals surface area contributed by atoms with E-state index in [1.807, 2.05) is 55.5 Å². The zero-order valence-electron chi connectivity index (χ0n) is 15.7. The molecule has 5 heteroatoms.